The van der Waals surface area contributed by atoms with Crippen LogP contribution in [0.2, 0.25) is 0 Å². The number of nitrogens with zero attached hydrogens (tertiary/aromatic N) is 4. The van der Waals surface area contributed by atoms with Gasteiger partial charge in [0.05, 0.1) is 5.56 Å². The topological polar surface area (TPSA) is 74.6 Å². The molecule has 0 aromatic heterocycles. The van der Waals surface area contributed by atoms with E-state index in [0.717, 1.165) is 17.7 Å². The molecule has 0 unspecified atom stereocenters. The zero-order valence-corrected chi connectivity index (χ0v) is 15.6. The lowest BCUT2D eigenvalue weighted by Crippen LogP contribution is -2.38. The number of ether oxygens (including phenoxy) is 1. The lowest BCUT2D eigenvalue weighted by atomic mass is 10.1. The fourth-order valence-electron chi connectivity index (χ4n) is 3.09. The molecule has 7 nitrogen and oxygen atoms in total. The Morgan fingerprint density at radius 3 is 2.63 bits per heavy atom. The van der Waals surface area contributed by atoms with Crippen LogP contribution in [-0.4, -0.2) is 43.6 Å². The second kappa shape index (κ2) is 7.99. The molecular weight excluding hydrogens is 344 g/mol. The molecule has 0 aliphatic carbocycles. The number of para-hydroxylation sites is 1. The number of anilines is 1. The van der Waals surface area contributed by atoms with Crippen LogP contribution in [0.3, 0.4) is 0 Å². The van der Waals surface area contributed by atoms with Crippen LogP contribution in [0.5, 0.6) is 0 Å². The van der Waals surface area contributed by atoms with E-state index in [2.05, 4.69) is 10.3 Å². The van der Waals surface area contributed by atoms with Crippen molar-refractivity contribution in [3.05, 3.63) is 59.7 Å². The zero-order chi connectivity index (χ0) is 19.4. The van der Waals surface area contributed by atoms with Gasteiger partial charge < -0.3 is 9.64 Å². The van der Waals surface area contributed by atoms with Gasteiger partial charge in [0.1, 0.15) is 5.69 Å². The third kappa shape index (κ3) is 4.13. The molecule has 0 fully saturated rings. The van der Waals surface area contributed by atoms with Crippen LogP contribution < -0.4 is 4.90 Å². The van der Waals surface area contributed by atoms with Crippen molar-refractivity contribution in [1.82, 2.24) is 5.01 Å². The number of carbonyl (C=O) groups is 2. The Morgan fingerprint density at radius 2 is 1.85 bits per heavy atom. The van der Waals surface area contributed by atoms with Crippen molar-refractivity contribution in [3.63, 3.8) is 0 Å². The molecule has 27 heavy (non-hydrogen) atoms. The molecular formula is C20H22N4O3. The second-order valence-corrected chi connectivity index (χ2v) is 6.58. The molecule has 0 saturated carbocycles. The van der Waals surface area contributed by atoms with E-state index in [0.29, 0.717) is 5.69 Å². The first-order valence-electron chi connectivity index (χ1n) is 8.72. The minimum absolute atomic E-state index is 0.0368. The molecule has 0 spiro atoms. The smallest absolute Gasteiger partial charge is 0.340 e. The van der Waals surface area contributed by atoms with E-state index in [1.165, 1.54) is 5.01 Å². The summed E-state index contributed by atoms with van der Waals surface area (Å²) < 4.78 is 5.27. The van der Waals surface area contributed by atoms with Crippen LogP contribution in [0.25, 0.3) is 0 Å². The predicted octanol–water partition coefficient (Wildman–Crippen LogP) is 3.38. The van der Waals surface area contributed by atoms with Gasteiger partial charge in [0, 0.05) is 25.8 Å². The molecule has 0 bridgehead atoms. The number of amides is 1. The number of fused-ring (bicyclic) bond motifs is 1. The monoisotopic (exact) mass is 366 g/mol. The van der Waals surface area contributed by atoms with Gasteiger partial charge in [0.25, 0.3) is 5.91 Å². The van der Waals surface area contributed by atoms with Crippen molar-refractivity contribution in [2.24, 2.45) is 10.3 Å². The summed E-state index contributed by atoms with van der Waals surface area (Å²) in [5.41, 5.74) is 2.67. The van der Waals surface area contributed by atoms with Crippen LogP contribution in [0, 0.1) is 0 Å². The van der Waals surface area contributed by atoms with Crippen LogP contribution in [-0.2, 0) is 16.0 Å². The number of rotatable bonds is 5. The molecule has 0 radical (unpaired) electrons. The van der Waals surface area contributed by atoms with Crippen molar-refractivity contribution in [3.8, 4) is 0 Å². The van der Waals surface area contributed by atoms with E-state index in [9.17, 15) is 9.59 Å². The fraction of sp³-hybridized carbons (Fsp3) is 0.300. The highest BCUT2D eigenvalue weighted by Crippen LogP contribution is 2.31. The van der Waals surface area contributed by atoms with Crippen molar-refractivity contribution in [1.29, 1.82) is 0 Å². The van der Waals surface area contributed by atoms with Gasteiger partial charge in [-0.1, -0.05) is 35.6 Å². The second-order valence-electron chi connectivity index (χ2n) is 6.58. The first kappa shape index (κ1) is 18.6. The minimum atomic E-state index is -0.600. The Bertz CT molecular complexity index is 879. The number of hydrogen-bond donors (Lipinski definition) is 0. The Balaban J connectivity index is 1.69. The zero-order valence-electron chi connectivity index (χ0n) is 15.6. The standard InChI is InChI=1S/C20H22N4O3/c1-14-12-15-8-4-7-11-18(15)24(14)19(25)13-27-20(26)16-9-5-6-10-17(16)21-22-23(2)3/h4-11,14H,12-13H2,1-3H3/t14-/m1/s1. The molecule has 1 amide bonds. The van der Waals surface area contributed by atoms with Crippen LogP contribution in [0.15, 0.2) is 58.9 Å². The van der Waals surface area contributed by atoms with E-state index in [-0.39, 0.29) is 24.1 Å². The maximum Gasteiger partial charge on any atom is 0.340 e. The Hall–Kier alpha value is -3.22. The van der Waals surface area contributed by atoms with Gasteiger partial charge in [-0.3, -0.25) is 9.80 Å². The summed E-state index contributed by atoms with van der Waals surface area (Å²) in [6.07, 6.45) is 0.795. The normalized spacial score (nSPS) is 15.7. The van der Waals surface area contributed by atoms with Crippen molar-refractivity contribution >= 4 is 23.3 Å². The highest BCUT2D eigenvalue weighted by Gasteiger charge is 2.31. The lowest BCUT2D eigenvalue weighted by molar-refractivity contribution is -0.122. The largest absolute Gasteiger partial charge is 0.452 e. The number of carbonyl (C=O) groups excluding carboxylic acids is 2. The summed E-state index contributed by atoms with van der Waals surface area (Å²) in [6.45, 7) is 1.66. The third-order valence-corrected chi connectivity index (χ3v) is 4.26. The quantitative estimate of drug-likeness (QED) is 0.462. The van der Waals surface area contributed by atoms with Gasteiger partial charge in [0.2, 0.25) is 0 Å². The first-order valence-corrected chi connectivity index (χ1v) is 8.72. The summed E-state index contributed by atoms with van der Waals surface area (Å²) in [7, 11) is 3.47. The first-order chi connectivity index (χ1) is 13.0. The number of benzene rings is 2. The summed E-state index contributed by atoms with van der Waals surface area (Å²) >= 11 is 0. The molecule has 2 aromatic rings. The Kier molecular flexibility index (Phi) is 5.49. The Morgan fingerprint density at radius 1 is 1.15 bits per heavy atom. The highest BCUT2D eigenvalue weighted by atomic mass is 16.5. The van der Waals surface area contributed by atoms with E-state index >= 15 is 0 Å². The van der Waals surface area contributed by atoms with Gasteiger partial charge >= 0.3 is 5.97 Å². The average molecular weight is 366 g/mol. The van der Waals surface area contributed by atoms with E-state index < -0.39 is 5.97 Å². The molecule has 1 atom stereocenters. The van der Waals surface area contributed by atoms with Gasteiger partial charge in [-0.15, -0.1) is 5.11 Å². The van der Waals surface area contributed by atoms with Crippen molar-refractivity contribution in [2.45, 2.75) is 19.4 Å². The number of esters is 1. The molecule has 0 N–H and O–H groups in total. The molecule has 2 aromatic carbocycles. The summed E-state index contributed by atoms with van der Waals surface area (Å²) in [5.74, 6) is -0.843. The minimum Gasteiger partial charge on any atom is -0.452 e. The third-order valence-electron chi connectivity index (χ3n) is 4.26. The van der Waals surface area contributed by atoms with Crippen molar-refractivity contribution in [2.75, 3.05) is 25.6 Å². The molecule has 7 heteroatoms. The molecule has 1 heterocycles. The summed E-state index contributed by atoms with van der Waals surface area (Å²) in [4.78, 5) is 26.8. The van der Waals surface area contributed by atoms with Gasteiger partial charge in [-0.05, 0) is 37.1 Å². The molecule has 1 aliphatic heterocycles. The van der Waals surface area contributed by atoms with Crippen molar-refractivity contribution < 1.29 is 14.3 Å². The maximum absolute atomic E-state index is 12.7. The summed E-state index contributed by atoms with van der Waals surface area (Å²) in [5, 5.41) is 9.46. The molecule has 3 rings (SSSR count). The lowest BCUT2D eigenvalue weighted by Gasteiger charge is -2.22. The maximum atomic E-state index is 12.7. The molecule has 140 valence electrons. The van der Waals surface area contributed by atoms with E-state index in [1.54, 1.807) is 43.3 Å². The van der Waals surface area contributed by atoms with E-state index in [1.807, 2.05) is 31.2 Å². The van der Waals surface area contributed by atoms with Crippen LogP contribution in [0.1, 0.15) is 22.8 Å². The molecule has 1 aliphatic rings. The van der Waals surface area contributed by atoms with Gasteiger partial charge in [-0.25, -0.2) is 4.79 Å². The van der Waals surface area contributed by atoms with Crippen LogP contribution in [0.4, 0.5) is 11.4 Å². The average Bonchev–Trinajstić information content (AvgIpc) is 3.00. The molecule has 0 saturated heterocycles. The van der Waals surface area contributed by atoms with Gasteiger partial charge in [0.15, 0.2) is 6.61 Å². The highest BCUT2D eigenvalue weighted by molar-refractivity contribution is 6.00. The predicted molar refractivity (Wildman–Crippen MR) is 102 cm³/mol. The fourth-order valence-corrected chi connectivity index (χ4v) is 3.09. The SMILES string of the molecule is C[C@@H]1Cc2ccccc2N1C(=O)COC(=O)c1ccccc1N=NN(C)C. The number of hydrogen-bond acceptors (Lipinski definition) is 5. The summed E-state index contributed by atoms with van der Waals surface area (Å²) in [6, 6.07) is 14.6. The van der Waals surface area contributed by atoms with E-state index in [4.69, 9.17) is 4.74 Å². The van der Waals surface area contributed by atoms with Gasteiger partial charge in [-0.2, -0.15) is 0 Å². The van der Waals surface area contributed by atoms with Crippen LogP contribution >= 0.6 is 0 Å². The Labute approximate surface area is 158 Å².